The molecule has 0 N–H and O–H groups in total. The maximum absolute atomic E-state index is 5.17. The van der Waals surface area contributed by atoms with Crippen LogP contribution in [0, 0.1) is 0 Å². The Balaban J connectivity index is 1.20. The van der Waals surface area contributed by atoms with Crippen LogP contribution in [-0.2, 0) is 0 Å². The number of para-hydroxylation sites is 2. The predicted molar refractivity (Wildman–Crippen MR) is 207 cm³/mol. The second kappa shape index (κ2) is 11.4. The van der Waals surface area contributed by atoms with Crippen molar-refractivity contribution in [1.82, 2.24) is 19.1 Å². The summed E-state index contributed by atoms with van der Waals surface area (Å²) in [5.41, 5.74) is 14.1. The van der Waals surface area contributed by atoms with Gasteiger partial charge in [0, 0.05) is 39.2 Å². The second-order valence-electron chi connectivity index (χ2n) is 12.7. The maximum atomic E-state index is 5.17. The minimum absolute atomic E-state index is 0.941. The van der Waals surface area contributed by atoms with Crippen LogP contribution in [-0.4, -0.2) is 19.1 Å². The molecule has 4 heterocycles. The average molecular weight is 639 g/mol. The third-order valence-corrected chi connectivity index (χ3v) is 9.75. The lowest BCUT2D eigenvalue weighted by molar-refractivity contribution is 1.16. The van der Waals surface area contributed by atoms with Crippen molar-refractivity contribution in [2.45, 2.75) is 0 Å². The highest BCUT2D eigenvalue weighted by molar-refractivity contribution is 6.11. The quantitative estimate of drug-likeness (QED) is 0.188. The molecule has 0 radical (unpaired) electrons. The molecule has 0 fully saturated rings. The highest BCUT2D eigenvalue weighted by Crippen LogP contribution is 2.38. The van der Waals surface area contributed by atoms with Crippen molar-refractivity contribution in [1.29, 1.82) is 0 Å². The normalized spacial score (nSPS) is 11.6. The van der Waals surface area contributed by atoms with E-state index in [-0.39, 0.29) is 0 Å². The molecule has 234 valence electrons. The minimum Gasteiger partial charge on any atom is -0.309 e. The Bertz CT molecular complexity index is 2790. The molecule has 0 spiro atoms. The first-order chi connectivity index (χ1) is 24.8. The summed E-state index contributed by atoms with van der Waals surface area (Å²) in [6.07, 6.45) is 1.89. The van der Waals surface area contributed by atoms with Crippen molar-refractivity contribution in [3.05, 3.63) is 182 Å². The van der Waals surface area contributed by atoms with Crippen molar-refractivity contribution < 1.29 is 0 Å². The van der Waals surface area contributed by atoms with E-state index in [1.807, 2.05) is 24.4 Å². The summed E-state index contributed by atoms with van der Waals surface area (Å²) >= 11 is 0. The van der Waals surface area contributed by atoms with Gasteiger partial charge in [-0.2, -0.15) is 0 Å². The lowest BCUT2D eigenvalue weighted by atomic mass is 10.0. The summed E-state index contributed by atoms with van der Waals surface area (Å²) in [7, 11) is 0. The van der Waals surface area contributed by atoms with Crippen LogP contribution in [0.1, 0.15) is 0 Å². The van der Waals surface area contributed by atoms with Crippen LogP contribution >= 0.6 is 0 Å². The molecule has 0 unspecified atom stereocenters. The van der Waals surface area contributed by atoms with Crippen LogP contribution in [0.4, 0.5) is 0 Å². The predicted octanol–water partition coefficient (Wildman–Crippen LogP) is 11.7. The van der Waals surface area contributed by atoms with E-state index >= 15 is 0 Å². The van der Waals surface area contributed by atoms with Crippen LogP contribution in [0.5, 0.6) is 0 Å². The van der Waals surface area contributed by atoms with Crippen LogP contribution < -0.4 is 0 Å². The zero-order valence-corrected chi connectivity index (χ0v) is 27.1. The van der Waals surface area contributed by atoms with E-state index in [4.69, 9.17) is 9.97 Å². The fraction of sp³-hybridized carbons (Fsp3) is 0. The van der Waals surface area contributed by atoms with E-state index in [1.165, 1.54) is 10.8 Å². The van der Waals surface area contributed by atoms with Gasteiger partial charge in [-0.15, -0.1) is 0 Å². The molecule has 4 aromatic heterocycles. The van der Waals surface area contributed by atoms with E-state index in [2.05, 4.69) is 167 Å². The van der Waals surface area contributed by atoms with E-state index in [0.29, 0.717) is 0 Å². The van der Waals surface area contributed by atoms with E-state index in [1.54, 1.807) is 0 Å². The topological polar surface area (TPSA) is 35.6 Å². The van der Waals surface area contributed by atoms with Crippen LogP contribution in [0.15, 0.2) is 182 Å². The van der Waals surface area contributed by atoms with Gasteiger partial charge in [0.25, 0.3) is 0 Å². The van der Waals surface area contributed by atoms with Crippen molar-refractivity contribution in [2.24, 2.45) is 0 Å². The number of hydrogen-bond donors (Lipinski definition) is 0. The summed E-state index contributed by atoms with van der Waals surface area (Å²) in [4.78, 5) is 10.0. The Morgan fingerprint density at radius 2 is 0.900 bits per heavy atom. The Labute approximate surface area is 289 Å². The third kappa shape index (κ3) is 4.54. The molecule has 4 nitrogen and oxygen atoms in total. The molecule has 0 saturated heterocycles. The van der Waals surface area contributed by atoms with Gasteiger partial charge in [-0.1, -0.05) is 115 Å². The average Bonchev–Trinajstić information content (AvgIpc) is 3.71. The first-order valence-electron chi connectivity index (χ1n) is 16.9. The molecule has 0 aliphatic heterocycles. The molecule has 0 bridgehead atoms. The van der Waals surface area contributed by atoms with Gasteiger partial charge < -0.3 is 9.13 Å². The lowest BCUT2D eigenvalue weighted by Crippen LogP contribution is -1.98. The van der Waals surface area contributed by atoms with Crippen molar-refractivity contribution in [2.75, 3.05) is 0 Å². The SMILES string of the molecule is c1ccc(-c2cc(-n3c4ccccc4c4ccc(-c5ccc6c(c5)c5ncccc5n6-c5ccccc5)cc43)cc(-c3ccccc3)n2)cc1. The van der Waals surface area contributed by atoms with E-state index in [9.17, 15) is 0 Å². The van der Waals surface area contributed by atoms with E-state index < -0.39 is 0 Å². The summed E-state index contributed by atoms with van der Waals surface area (Å²) in [6, 6.07) is 62.4. The molecule has 10 aromatic rings. The standard InChI is InChI=1S/C46H30N4/c1-4-13-31(14-5-1)40-29-36(30-41(48-40)32-15-6-2-7-16-32)50-42-20-11-10-19-37(42)38-24-22-34(28-45(38)50)33-23-25-43-39(27-33)46-44(21-12-26-47-46)49(43)35-17-8-3-9-18-35/h1-30H. The smallest absolute Gasteiger partial charge is 0.0963 e. The van der Waals surface area contributed by atoms with Crippen molar-refractivity contribution >= 4 is 43.7 Å². The van der Waals surface area contributed by atoms with Crippen molar-refractivity contribution in [3.8, 4) is 45.0 Å². The highest BCUT2D eigenvalue weighted by atomic mass is 15.0. The maximum Gasteiger partial charge on any atom is 0.0963 e. The molecule has 50 heavy (non-hydrogen) atoms. The van der Waals surface area contributed by atoms with Gasteiger partial charge >= 0.3 is 0 Å². The monoisotopic (exact) mass is 638 g/mol. The molecule has 4 heteroatoms. The third-order valence-electron chi connectivity index (χ3n) is 9.75. The molecule has 0 atom stereocenters. The number of benzene rings is 6. The number of rotatable bonds is 5. The fourth-order valence-electron chi connectivity index (χ4n) is 7.46. The molecule has 0 aliphatic rings. The summed E-state index contributed by atoms with van der Waals surface area (Å²) in [6.45, 7) is 0. The first kappa shape index (κ1) is 28.3. The molecular weight excluding hydrogens is 609 g/mol. The van der Waals surface area contributed by atoms with Gasteiger partial charge in [-0.25, -0.2) is 4.98 Å². The van der Waals surface area contributed by atoms with Gasteiger partial charge in [-0.05, 0) is 71.8 Å². The number of pyridine rings is 2. The zero-order chi connectivity index (χ0) is 33.0. The first-order valence-corrected chi connectivity index (χ1v) is 16.9. The number of aromatic nitrogens is 4. The Kier molecular flexibility index (Phi) is 6.46. The van der Waals surface area contributed by atoms with Gasteiger partial charge in [-0.3, -0.25) is 4.98 Å². The minimum atomic E-state index is 0.941. The molecule has 10 rings (SSSR count). The van der Waals surface area contributed by atoms with Crippen LogP contribution in [0.2, 0.25) is 0 Å². The van der Waals surface area contributed by atoms with Gasteiger partial charge in [0.1, 0.15) is 0 Å². The van der Waals surface area contributed by atoms with E-state index in [0.717, 1.165) is 78.0 Å². The van der Waals surface area contributed by atoms with Gasteiger partial charge in [0.05, 0.1) is 44.7 Å². The van der Waals surface area contributed by atoms with Crippen LogP contribution in [0.3, 0.4) is 0 Å². The van der Waals surface area contributed by atoms with Gasteiger partial charge in [0.15, 0.2) is 0 Å². The fourth-order valence-corrected chi connectivity index (χ4v) is 7.46. The Morgan fingerprint density at radius 1 is 0.340 bits per heavy atom. The second-order valence-corrected chi connectivity index (χ2v) is 12.7. The van der Waals surface area contributed by atoms with Crippen LogP contribution in [0.25, 0.3) is 88.8 Å². The zero-order valence-electron chi connectivity index (χ0n) is 27.1. The van der Waals surface area contributed by atoms with Crippen molar-refractivity contribution in [3.63, 3.8) is 0 Å². The highest BCUT2D eigenvalue weighted by Gasteiger charge is 2.18. The molecule has 0 saturated carbocycles. The molecule has 0 aliphatic carbocycles. The summed E-state index contributed by atoms with van der Waals surface area (Å²) in [5, 5.41) is 3.57. The lowest BCUT2D eigenvalue weighted by Gasteiger charge is -2.14. The Hall–Kier alpha value is -6.78. The summed E-state index contributed by atoms with van der Waals surface area (Å²) < 4.78 is 4.71. The number of nitrogens with zero attached hydrogens (tertiary/aromatic N) is 4. The summed E-state index contributed by atoms with van der Waals surface area (Å²) in [5.74, 6) is 0. The largest absolute Gasteiger partial charge is 0.309 e. The number of fused-ring (bicyclic) bond motifs is 6. The molecule has 6 aromatic carbocycles. The Morgan fingerprint density at radius 3 is 1.64 bits per heavy atom. The number of hydrogen-bond acceptors (Lipinski definition) is 2. The molecular formula is C46H30N4. The van der Waals surface area contributed by atoms with Gasteiger partial charge in [0.2, 0.25) is 0 Å². The molecule has 0 amide bonds.